The van der Waals surface area contributed by atoms with Crippen LogP contribution in [-0.4, -0.2) is 42.4 Å². The highest BCUT2D eigenvalue weighted by Crippen LogP contribution is 2.29. The predicted octanol–water partition coefficient (Wildman–Crippen LogP) is 2.21. The zero-order chi connectivity index (χ0) is 20.9. The van der Waals surface area contributed by atoms with Crippen molar-refractivity contribution in [2.24, 2.45) is 0 Å². The van der Waals surface area contributed by atoms with Crippen molar-refractivity contribution in [3.05, 3.63) is 65.7 Å². The van der Waals surface area contributed by atoms with Crippen molar-refractivity contribution in [1.82, 2.24) is 15.5 Å². The smallest absolute Gasteiger partial charge is 0.325 e. The van der Waals surface area contributed by atoms with Gasteiger partial charge in [-0.1, -0.05) is 42.5 Å². The number of nitrogens with one attached hydrogen (secondary N) is 2. The number of carbonyl (C=O) groups excluding carboxylic acids is 3. The van der Waals surface area contributed by atoms with Crippen LogP contribution < -0.4 is 15.4 Å². The number of nitrogens with zero attached hydrogens (tertiary/aromatic N) is 1. The molecular formula is C22H25N3O4. The molecule has 0 bridgehead atoms. The molecule has 7 heteroatoms. The Morgan fingerprint density at radius 3 is 2.45 bits per heavy atom. The third-order valence-corrected chi connectivity index (χ3v) is 4.90. The summed E-state index contributed by atoms with van der Waals surface area (Å²) >= 11 is 0. The van der Waals surface area contributed by atoms with E-state index in [9.17, 15) is 14.4 Å². The van der Waals surface area contributed by atoms with Crippen LogP contribution in [0.2, 0.25) is 0 Å². The van der Waals surface area contributed by atoms with Crippen LogP contribution in [0.4, 0.5) is 4.79 Å². The predicted molar refractivity (Wildman–Crippen MR) is 108 cm³/mol. The summed E-state index contributed by atoms with van der Waals surface area (Å²) in [4.78, 5) is 38.5. The van der Waals surface area contributed by atoms with Gasteiger partial charge in [0.05, 0.1) is 6.61 Å². The van der Waals surface area contributed by atoms with Crippen LogP contribution in [0.5, 0.6) is 5.75 Å². The molecule has 0 saturated carbocycles. The number of urea groups is 1. The number of benzene rings is 2. The first-order valence-electron chi connectivity index (χ1n) is 9.62. The van der Waals surface area contributed by atoms with Gasteiger partial charge in [-0.05, 0) is 43.5 Å². The third kappa shape index (κ3) is 4.56. The van der Waals surface area contributed by atoms with Gasteiger partial charge < -0.3 is 15.4 Å². The normalized spacial score (nSPS) is 18.5. The summed E-state index contributed by atoms with van der Waals surface area (Å²) < 4.78 is 5.41. The van der Waals surface area contributed by atoms with Gasteiger partial charge in [0.1, 0.15) is 17.8 Å². The maximum Gasteiger partial charge on any atom is 0.325 e. The highest BCUT2D eigenvalue weighted by Gasteiger charge is 2.49. The first-order chi connectivity index (χ1) is 13.9. The summed E-state index contributed by atoms with van der Waals surface area (Å²) in [7, 11) is 0. The average Bonchev–Trinajstić information content (AvgIpc) is 2.93. The lowest BCUT2D eigenvalue weighted by molar-refractivity contribution is -0.134. The summed E-state index contributed by atoms with van der Waals surface area (Å²) in [5.74, 6) is -0.142. The zero-order valence-electron chi connectivity index (χ0n) is 16.6. The lowest BCUT2D eigenvalue weighted by Gasteiger charge is -2.22. The molecule has 29 heavy (non-hydrogen) atoms. The fourth-order valence-corrected chi connectivity index (χ4v) is 3.28. The highest BCUT2D eigenvalue weighted by atomic mass is 16.5. The van der Waals surface area contributed by atoms with Crippen LogP contribution in [0.1, 0.15) is 25.0 Å². The molecular weight excluding hydrogens is 370 g/mol. The van der Waals surface area contributed by atoms with Crippen molar-refractivity contribution in [3.63, 3.8) is 0 Å². The second-order valence-corrected chi connectivity index (χ2v) is 6.99. The van der Waals surface area contributed by atoms with E-state index >= 15 is 0 Å². The van der Waals surface area contributed by atoms with Gasteiger partial charge in [0, 0.05) is 6.54 Å². The first kappa shape index (κ1) is 20.4. The molecule has 0 unspecified atom stereocenters. The van der Waals surface area contributed by atoms with Gasteiger partial charge in [-0.15, -0.1) is 0 Å². The number of hydrogen-bond acceptors (Lipinski definition) is 4. The zero-order valence-corrected chi connectivity index (χ0v) is 16.6. The molecule has 2 aromatic carbocycles. The molecule has 1 heterocycles. The maximum atomic E-state index is 12.9. The summed E-state index contributed by atoms with van der Waals surface area (Å²) in [6.07, 6.45) is 0.677. The van der Waals surface area contributed by atoms with Crippen LogP contribution in [0.25, 0.3) is 0 Å². The van der Waals surface area contributed by atoms with E-state index in [1.807, 2.05) is 37.3 Å². The maximum absolute atomic E-state index is 12.9. The summed E-state index contributed by atoms with van der Waals surface area (Å²) in [5, 5.41) is 5.46. The monoisotopic (exact) mass is 395 g/mol. The minimum Gasteiger partial charge on any atom is -0.494 e. The fraction of sp³-hybridized carbons (Fsp3) is 0.318. The SMILES string of the molecule is CCOc1ccc([C@]2(C)NC(=O)N(CC(=O)NCCc3ccccc3)C2=O)cc1. The molecule has 0 aromatic heterocycles. The van der Waals surface area contributed by atoms with E-state index in [-0.39, 0.29) is 12.5 Å². The first-order valence-corrected chi connectivity index (χ1v) is 9.62. The quantitative estimate of drug-likeness (QED) is 0.671. The number of hydrogen-bond donors (Lipinski definition) is 2. The average molecular weight is 395 g/mol. The lowest BCUT2D eigenvalue weighted by atomic mass is 9.92. The van der Waals surface area contributed by atoms with Crippen LogP contribution in [0, 0.1) is 0 Å². The molecule has 1 saturated heterocycles. The topological polar surface area (TPSA) is 87.7 Å². The Morgan fingerprint density at radius 2 is 1.79 bits per heavy atom. The van der Waals surface area contributed by atoms with E-state index < -0.39 is 17.5 Å². The molecule has 2 aromatic rings. The van der Waals surface area contributed by atoms with Crippen LogP contribution >= 0.6 is 0 Å². The van der Waals surface area contributed by atoms with Crippen molar-refractivity contribution >= 4 is 17.8 Å². The second kappa shape index (κ2) is 8.77. The number of carbonyl (C=O) groups is 3. The van der Waals surface area contributed by atoms with E-state index in [2.05, 4.69) is 10.6 Å². The highest BCUT2D eigenvalue weighted by molar-refractivity contribution is 6.09. The Kier molecular flexibility index (Phi) is 6.16. The minimum absolute atomic E-state index is 0.313. The minimum atomic E-state index is -1.22. The van der Waals surface area contributed by atoms with Gasteiger partial charge in [0.2, 0.25) is 5.91 Å². The van der Waals surface area contributed by atoms with Gasteiger partial charge in [-0.3, -0.25) is 14.5 Å². The van der Waals surface area contributed by atoms with E-state index in [4.69, 9.17) is 4.74 Å². The van der Waals surface area contributed by atoms with Gasteiger partial charge in [0.15, 0.2) is 0 Å². The van der Waals surface area contributed by atoms with E-state index in [1.165, 1.54) is 0 Å². The molecule has 4 amide bonds. The molecule has 7 nitrogen and oxygen atoms in total. The second-order valence-electron chi connectivity index (χ2n) is 6.99. The standard InChI is InChI=1S/C22H25N3O4/c1-3-29-18-11-9-17(10-12-18)22(2)20(27)25(21(28)24-22)15-19(26)23-14-13-16-7-5-4-6-8-16/h4-12H,3,13-15H2,1-2H3,(H,23,26)(H,24,28)/t22-/m0/s1. The molecule has 1 atom stereocenters. The number of ether oxygens (including phenoxy) is 1. The van der Waals surface area contributed by atoms with Gasteiger partial charge in [-0.25, -0.2) is 4.79 Å². The number of rotatable bonds is 8. The molecule has 0 spiro atoms. The van der Waals surface area contributed by atoms with Gasteiger partial charge >= 0.3 is 6.03 Å². The van der Waals surface area contributed by atoms with Crippen molar-refractivity contribution in [3.8, 4) is 5.75 Å². The Hall–Kier alpha value is -3.35. The molecule has 0 radical (unpaired) electrons. The van der Waals surface area contributed by atoms with E-state index in [0.29, 0.717) is 30.9 Å². The Bertz CT molecular complexity index is 883. The number of amides is 4. The van der Waals surface area contributed by atoms with Crippen molar-refractivity contribution in [2.45, 2.75) is 25.8 Å². The largest absolute Gasteiger partial charge is 0.494 e. The Morgan fingerprint density at radius 1 is 1.10 bits per heavy atom. The Balaban J connectivity index is 1.59. The number of imide groups is 1. The van der Waals surface area contributed by atoms with Crippen LogP contribution in [0.3, 0.4) is 0 Å². The molecule has 1 aliphatic heterocycles. The molecule has 152 valence electrons. The molecule has 1 aliphatic rings. The van der Waals surface area contributed by atoms with Crippen molar-refractivity contribution in [1.29, 1.82) is 0 Å². The summed E-state index contributed by atoms with van der Waals surface area (Å²) in [6.45, 7) is 4.18. The van der Waals surface area contributed by atoms with Crippen molar-refractivity contribution in [2.75, 3.05) is 19.7 Å². The van der Waals surface area contributed by atoms with Crippen LogP contribution in [-0.2, 0) is 21.5 Å². The summed E-state index contributed by atoms with van der Waals surface area (Å²) in [6, 6.07) is 16.2. The van der Waals surface area contributed by atoms with E-state index in [1.54, 1.807) is 31.2 Å². The Labute approximate surface area is 170 Å². The van der Waals surface area contributed by atoms with E-state index in [0.717, 1.165) is 10.5 Å². The molecule has 2 N–H and O–H groups in total. The van der Waals surface area contributed by atoms with Crippen LogP contribution in [0.15, 0.2) is 54.6 Å². The molecule has 0 aliphatic carbocycles. The lowest BCUT2D eigenvalue weighted by Crippen LogP contribution is -2.43. The molecule has 1 fully saturated rings. The molecule has 3 rings (SSSR count). The van der Waals surface area contributed by atoms with Crippen molar-refractivity contribution < 1.29 is 19.1 Å². The van der Waals surface area contributed by atoms with Gasteiger partial charge in [-0.2, -0.15) is 0 Å². The summed E-state index contributed by atoms with van der Waals surface area (Å²) in [5.41, 5.74) is 0.517. The fourth-order valence-electron chi connectivity index (χ4n) is 3.28. The third-order valence-electron chi connectivity index (χ3n) is 4.90. The van der Waals surface area contributed by atoms with Gasteiger partial charge in [0.25, 0.3) is 5.91 Å².